The lowest BCUT2D eigenvalue weighted by molar-refractivity contribution is 0.0398. The normalized spacial score (nSPS) is 14.7. The Hall–Kier alpha value is -3.43. The van der Waals surface area contributed by atoms with Gasteiger partial charge in [-0.15, -0.1) is 10.2 Å². The first kappa shape index (κ1) is 19.5. The molecule has 1 aliphatic heterocycles. The molecule has 158 valence electrons. The molecule has 3 heterocycles. The molecular weight excluding hydrogens is 399 g/mol. The molecule has 1 fully saturated rings. The summed E-state index contributed by atoms with van der Waals surface area (Å²) in [5.41, 5.74) is 1.17. The molecule has 0 atom stereocenters. The Bertz CT molecular complexity index is 1170. The lowest BCUT2D eigenvalue weighted by Crippen LogP contribution is -2.39. The van der Waals surface area contributed by atoms with E-state index in [0.29, 0.717) is 22.9 Å². The number of nitrogens with zero attached hydrogens (tertiary/aromatic N) is 5. The number of halogens is 1. The summed E-state index contributed by atoms with van der Waals surface area (Å²) in [6.07, 6.45) is 0. The molecule has 0 aliphatic carbocycles. The van der Waals surface area contributed by atoms with Crippen molar-refractivity contribution in [3.8, 4) is 23.0 Å². The summed E-state index contributed by atoms with van der Waals surface area (Å²) >= 11 is 0. The Morgan fingerprint density at radius 2 is 1.74 bits per heavy atom. The topological polar surface area (TPSA) is 89.2 Å². The van der Waals surface area contributed by atoms with Crippen molar-refractivity contribution in [1.29, 1.82) is 0 Å². The van der Waals surface area contributed by atoms with Gasteiger partial charge in [-0.2, -0.15) is 4.98 Å². The number of anilines is 1. The summed E-state index contributed by atoms with van der Waals surface area (Å²) in [5, 5.41) is 17.9. The van der Waals surface area contributed by atoms with E-state index in [1.165, 1.54) is 12.1 Å². The number of ether oxygens (including phenoxy) is 1. The van der Waals surface area contributed by atoms with Crippen LogP contribution >= 0.6 is 0 Å². The van der Waals surface area contributed by atoms with Crippen molar-refractivity contribution < 1.29 is 13.7 Å². The number of morpholine rings is 1. The van der Waals surface area contributed by atoms with Crippen molar-refractivity contribution in [2.24, 2.45) is 0 Å². The summed E-state index contributed by atoms with van der Waals surface area (Å²) in [5.74, 6) is 1.03. The van der Waals surface area contributed by atoms with Gasteiger partial charge in [-0.1, -0.05) is 29.4 Å². The van der Waals surface area contributed by atoms with E-state index < -0.39 is 0 Å². The number of benzene rings is 2. The van der Waals surface area contributed by atoms with Gasteiger partial charge >= 0.3 is 0 Å². The van der Waals surface area contributed by atoms with Crippen LogP contribution in [-0.2, 0) is 4.74 Å². The van der Waals surface area contributed by atoms with Crippen molar-refractivity contribution in [3.63, 3.8) is 0 Å². The number of rotatable bonds is 6. The third kappa shape index (κ3) is 4.23. The monoisotopic (exact) mass is 420 g/mol. The molecule has 0 spiro atoms. The van der Waals surface area contributed by atoms with Gasteiger partial charge in [0.15, 0.2) is 11.5 Å². The maximum Gasteiger partial charge on any atom is 0.279 e. The number of nitrogens with one attached hydrogen (secondary N) is 1. The summed E-state index contributed by atoms with van der Waals surface area (Å²) in [7, 11) is 0. The van der Waals surface area contributed by atoms with E-state index in [1.54, 1.807) is 12.1 Å². The zero-order valence-electron chi connectivity index (χ0n) is 16.8. The first-order valence-electron chi connectivity index (χ1n) is 10.2. The Morgan fingerprint density at radius 3 is 2.55 bits per heavy atom. The van der Waals surface area contributed by atoms with Crippen LogP contribution in [-0.4, -0.2) is 64.6 Å². The van der Waals surface area contributed by atoms with Gasteiger partial charge in [-0.25, -0.2) is 4.39 Å². The Labute approximate surface area is 178 Å². The first-order chi connectivity index (χ1) is 15.3. The van der Waals surface area contributed by atoms with Crippen LogP contribution < -0.4 is 5.32 Å². The highest BCUT2D eigenvalue weighted by Gasteiger charge is 2.18. The maximum absolute atomic E-state index is 13.2. The largest absolute Gasteiger partial charge is 0.379 e. The quantitative estimate of drug-likeness (QED) is 0.509. The fraction of sp³-hybridized carbons (Fsp3) is 0.273. The zero-order valence-corrected chi connectivity index (χ0v) is 16.8. The standard InChI is InChI=1S/C22H21FN6O2/c23-16-7-5-15(6-8-16)20-25-22(31-28-20)19-17-3-1-2-4-18(17)21(27-26-19)24-9-10-29-11-13-30-14-12-29/h1-8H,9-14H2,(H,24,27). The molecule has 8 nitrogen and oxygen atoms in total. The van der Waals surface area contributed by atoms with Crippen molar-refractivity contribution in [1.82, 2.24) is 25.2 Å². The molecule has 2 aromatic heterocycles. The lowest BCUT2D eigenvalue weighted by atomic mass is 10.1. The number of fused-ring (bicyclic) bond motifs is 1. The molecule has 0 saturated carbocycles. The van der Waals surface area contributed by atoms with E-state index >= 15 is 0 Å². The van der Waals surface area contributed by atoms with Gasteiger partial charge in [0.1, 0.15) is 5.82 Å². The summed E-state index contributed by atoms with van der Waals surface area (Å²) < 4.78 is 24.0. The minimum atomic E-state index is -0.318. The van der Waals surface area contributed by atoms with Crippen LogP contribution in [0.5, 0.6) is 0 Å². The molecule has 1 saturated heterocycles. The molecule has 1 N–H and O–H groups in total. The van der Waals surface area contributed by atoms with Crippen LogP contribution in [0.15, 0.2) is 53.1 Å². The average molecular weight is 420 g/mol. The van der Waals surface area contributed by atoms with Gasteiger partial charge in [0, 0.05) is 42.5 Å². The van der Waals surface area contributed by atoms with E-state index in [-0.39, 0.29) is 11.7 Å². The van der Waals surface area contributed by atoms with E-state index in [1.807, 2.05) is 24.3 Å². The SMILES string of the molecule is Fc1ccc(-c2noc(-c3nnc(NCCN4CCOCC4)c4ccccc34)n2)cc1. The van der Waals surface area contributed by atoms with Crippen LogP contribution in [0.4, 0.5) is 10.2 Å². The third-order valence-corrected chi connectivity index (χ3v) is 5.24. The highest BCUT2D eigenvalue weighted by molar-refractivity contribution is 5.98. The zero-order chi connectivity index (χ0) is 21.0. The van der Waals surface area contributed by atoms with Crippen LogP contribution in [0.2, 0.25) is 0 Å². The fourth-order valence-corrected chi connectivity index (χ4v) is 3.59. The summed E-state index contributed by atoms with van der Waals surface area (Å²) in [6, 6.07) is 13.8. The van der Waals surface area contributed by atoms with Crippen molar-refractivity contribution in [3.05, 3.63) is 54.3 Å². The smallest absolute Gasteiger partial charge is 0.279 e. The summed E-state index contributed by atoms with van der Waals surface area (Å²) in [6.45, 7) is 5.11. The molecule has 4 aromatic rings. The molecule has 0 radical (unpaired) electrons. The third-order valence-electron chi connectivity index (χ3n) is 5.24. The Balaban J connectivity index is 1.39. The molecule has 31 heavy (non-hydrogen) atoms. The van der Waals surface area contributed by atoms with Crippen molar-refractivity contribution in [2.75, 3.05) is 44.7 Å². The minimum Gasteiger partial charge on any atom is -0.379 e. The second-order valence-corrected chi connectivity index (χ2v) is 7.25. The van der Waals surface area contributed by atoms with Crippen molar-refractivity contribution >= 4 is 16.6 Å². The van der Waals surface area contributed by atoms with E-state index in [2.05, 4.69) is 30.6 Å². The Morgan fingerprint density at radius 1 is 0.968 bits per heavy atom. The molecule has 9 heteroatoms. The van der Waals surface area contributed by atoms with Crippen LogP contribution in [0.3, 0.4) is 0 Å². The highest BCUT2D eigenvalue weighted by Crippen LogP contribution is 2.30. The Kier molecular flexibility index (Phi) is 5.51. The van der Waals surface area contributed by atoms with Gasteiger partial charge in [0.25, 0.3) is 5.89 Å². The summed E-state index contributed by atoms with van der Waals surface area (Å²) in [4.78, 5) is 6.80. The number of hydrogen-bond donors (Lipinski definition) is 1. The van der Waals surface area contributed by atoms with E-state index in [4.69, 9.17) is 9.26 Å². The minimum absolute atomic E-state index is 0.267. The maximum atomic E-state index is 13.2. The molecule has 0 amide bonds. The predicted octanol–water partition coefficient (Wildman–Crippen LogP) is 3.23. The first-order valence-corrected chi connectivity index (χ1v) is 10.2. The molecule has 1 aliphatic rings. The molecule has 2 aromatic carbocycles. The van der Waals surface area contributed by atoms with Crippen LogP contribution in [0.1, 0.15) is 0 Å². The predicted molar refractivity (Wildman–Crippen MR) is 114 cm³/mol. The van der Waals surface area contributed by atoms with Gasteiger partial charge in [-0.3, -0.25) is 4.90 Å². The van der Waals surface area contributed by atoms with Crippen LogP contribution in [0.25, 0.3) is 33.7 Å². The van der Waals surface area contributed by atoms with E-state index in [9.17, 15) is 4.39 Å². The highest BCUT2D eigenvalue weighted by atomic mass is 19.1. The van der Waals surface area contributed by atoms with Crippen LogP contribution in [0, 0.1) is 5.82 Å². The molecule has 0 bridgehead atoms. The average Bonchev–Trinajstić information content (AvgIpc) is 3.30. The lowest BCUT2D eigenvalue weighted by Gasteiger charge is -2.26. The fourth-order valence-electron chi connectivity index (χ4n) is 3.59. The van der Waals surface area contributed by atoms with Gasteiger partial charge in [0.2, 0.25) is 5.82 Å². The second-order valence-electron chi connectivity index (χ2n) is 7.25. The molecule has 0 unspecified atom stereocenters. The second kappa shape index (κ2) is 8.75. The number of aromatic nitrogens is 4. The van der Waals surface area contributed by atoms with Gasteiger partial charge < -0.3 is 14.6 Å². The van der Waals surface area contributed by atoms with Gasteiger partial charge in [0.05, 0.1) is 13.2 Å². The van der Waals surface area contributed by atoms with E-state index in [0.717, 1.165) is 50.2 Å². The number of hydrogen-bond acceptors (Lipinski definition) is 8. The van der Waals surface area contributed by atoms with Crippen molar-refractivity contribution in [2.45, 2.75) is 0 Å². The molecular formula is C22H21FN6O2. The van der Waals surface area contributed by atoms with Gasteiger partial charge in [-0.05, 0) is 24.3 Å². The molecule has 5 rings (SSSR count).